The number of hydrazone groups is 1. The first kappa shape index (κ1) is 24.0. The van der Waals surface area contributed by atoms with Crippen molar-refractivity contribution in [3.05, 3.63) is 87.4 Å². The first-order valence-corrected chi connectivity index (χ1v) is 10.8. The zero-order valence-corrected chi connectivity index (χ0v) is 20.0. The predicted octanol–water partition coefficient (Wildman–Crippen LogP) is 4.82. The molecule has 0 atom stereocenters. The second-order valence-corrected chi connectivity index (χ2v) is 8.01. The zero-order chi connectivity index (χ0) is 23.8. The number of amides is 1. The van der Waals surface area contributed by atoms with E-state index in [1.807, 2.05) is 38.1 Å². The Morgan fingerprint density at radius 2 is 1.79 bits per heavy atom. The maximum Gasteiger partial charge on any atom is 0.343 e. The molecule has 0 unspecified atom stereocenters. The minimum Gasteiger partial charge on any atom is -0.493 e. The number of hydrogen-bond acceptors (Lipinski definition) is 6. The molecule has 7 nitrogen and oxygen atoms in total. The fraction of sp³-hybridized carbons (Fsp3) is 0.160. The number of ether oxygens (including phenoxy) is 3. The van der Waals surface area contributed by atoms with Crippen LogP contribution in [-0.4, -0.2) is 31.8 Å². The van der Waals surface area contributed by atoms with Gasteiger partial charge in [0.1, 0.15) is 5.75 Å². The lowest BCUT2D eigenvalue weighted by molar-refractivity contribution is -0.123. The van der Waals surface area contributed by atoms with E-state index in [0.717, 1.165) is 15.6 Å². The van der Waals surface area contributed by atoms with E-state index in [9.17, 15) is 9.59 Å². The topological polar surface area (TPSA) is 86.2 Å². The zero-order valence-electron chi connectivity index (χ0n) is 18.4. The van der Waals surface area contributed by atoms with Gasteiger partial charge in [0.2, 0.25) is 0 Å². The number of aryl methyl sites for hydroxylation is 1. The Bertz CT molecular complexity index is 1190. The third-order valence-electron chi connectivity index (χ3n) is 4.77. The van der Waals surface area contributed by atoms with E-state index in [2.05, 4.69) is 26.5 Å². The van der Waals surface area contributed by atoms with Crippen molar-refractivity contribution in [2.75, 3.05) is 13.7 Å². The summed E-state index contributed by atoms with van der Waals surface area (Å²) in [6, 6.07) is 17.5. The van der Waals surface area contributed by atoms with Gasteiger partial charge in [0.05, 0.1) is 18.9 Å². The number of methoxy groups -OCH3 is 1. The van der Waals surface area contributed by atoms with Crippen molar-refractivity contribution in [3.8, 4) is 17.2 Å². The molecule has 3 aromatic carbocycles. The molecule has 0 aliphatic carbocycles. The Kier molecular flexibility index (Phi) is 8.21. The second-order valence-electron chi connectivity index (χ2n) is 7.09. The lowest BCUT2D eigenvalue weighted by atomic mass is 10.1. The number of esters is 1. The number of carbonyl (C=O) groups is 2. The van der Waals surface area contributed by atoms with Crippen molar-refractivity contribution in [2.45, 2.75) is 13.8 Å². The van der Waals surface area contributed by atoms with Crippen LogP contribution in [0.15, 0.2) is 70.2 Å². The van der Waals surface area contributed by atoms with E-state index in [4.69, 9.17) is 14.2 Å². The highest BCUT2D eigenvalue weighted by Gasteiger charge is 2.13. The molecule has 0 heterocycles. The molecule has 0 spiro atoms. The van der Waals surface area contributed by atoms with Gasteiger partial charge >= 0.3 is 5.97 Å². The molecule has 0 fully saturated rings. The minimum atomic E-state index is -0.507. The highest BCUT2D eigenvalue weighted by molar-refractivity contribution is 9.10. The van der Waals surface area contributed by atoms with Crippen molar-refractivity contribution in [2.24, 2.45) is 5.10 Å². The standard InChI is InChI=1S/C25H23BrN2O5/c1-16-6-4-9-21(17(16)2)32-15-24(29)28-27-14-18-10-11-22(23(12-18)31-3)33-25(30)19-7-5-8-20(26)13-19/h4-14H,15H2,1-3H3,(H,28,29)/b27-14-. The van der Waals surface area contributed by atoms with Gasteiger partial charge < -0.3 is 14.2 Å². The summed E-state index contributed by atoms with van der Waals surface area (Å²) in [5, 5.41) is 3.94. The normalized spacial score (nSPS) is 10.7. The number of benzene rings is 3. The highest BCUT2D eigenvalue weighted by atomic mass is 79.9. The molecule has 8 heteroatoms. The van der Waals surface area contributed by atoms with Gasteiger partial charge in [0.15, 0.2) is 18.1 Å². The third kappa shape index (κ3) is 6.66. The second kappa shape index (κ2) is 11.3. The molecule has 0 radical (unpaired) electrons. The van der Waals surface area contributed by atoms with Gasteiger partial charge in [-0.3, -0.25) is 4.79 Å². The number of rotatable bonds is 8. The molecule has 1 amide bonds. The first-order valence-electron chi connectivity index (χ1n) is 10.0. The Balaban J connectivity index is 1.58. The van der Waals surface area contributed by atoms with E-state index in [-0.39, 0.29) is 12.4 Å². The number of carbonyl (C=O) groups excluding carboxylic acids is 2. The summed E-state index contributed by atoms with van der Waals surface area (Å²) >= 11 is 3.33. The summed E-state index contributed by atoms with van der Waals surface area (Å²) in [5.74, 6) is 0.384. The third-order valence-corrected chi connectivity index (χ3v) is 5.26. The fourth-order valence-electron chi connectivity index (χ4n) is 2.86. The van der Waals surface area contributed by atoms with Gasteiger partial charge in [0, 0.05) is 4.47 Å². The van der Waals surface area contributed by atoms with Crippen LogP contribution in [0.1, 0.15) is 27.0 Å². The van der Waals surface area contributed by atoms with Crippen molar-refractivity contribution >= 4 is 34.0 Å². The van der Waals surface area contributed by atoms with Crippen LogP contribution in [0.5, 0.6) is 17.2 Å². The van der Waals surface area contributed by atoms with E-state index < -0.39 is 11.9 Å². The van der Waals surface area contributed by atoms with Crippen molar-refractivity contribution in [3.63, 3.8) is 0 Å². The van der Waals surface area contributed by atoms with Crippen LogP contribution in [0.25, 0.3) is 0 Å². The van der Waals surface area contributed by atoms with Crippen LogP contribution in [0, 0.1) is 13.8 Å². The van der Waals surface area contributed by atoms with Gasteiger partial charge in [-0.05, 0) is 73.0 Å². The molecule has 0 saturated carbocycles. The number of hydrogen-bond donors (Lipinski definition) is 1. The van der Waals surface area contributed by atoms with Gasteiger partial charge in [-0.25, -0.2) is 10.2 Å². The van der Waals surface area contributed by atoms with Gasteiger partial charge in [0.25, 0.3) is 5.91 Å². The van der Waals surface area contributed by atoms with Gasteiger partial charge in [-0.15, -0.1) is 0 Å². The fourth-order valence-corrected chi connectivity index (χ4v) is 3.26. The summed E-state index contributed by atoms with van der Waals surface area (Å²) in [4.78, 5) is 24.4. The Morgan fingerprint density at radius 3 is 2.55 bits per heavy atom. The van der Waals surface area contributed by atoms with Crippen LogP contribution < -0.4 is 19.6 Å². The maximum atomic E-state index is 12.4. The molecule has 0 aliphatic rings. The molecule has 1 N–H and O–H groups in total. The Hall–Kier alpha value is -3.65. The van der Waals surface area contributed by atoms with Crippen LogP contribution in [-0.2, 0) is 4.79 Å². The monoisotopic (exact) mass is 510 g/mol. The molecule has 0 aliphatic heterocycles. The first-order chi connectivity index (χ1) is 15.9. The lowest BCUT2D eigenvalue weighted by Crippen LogP contribution is -2.24. The van der Waals surface area contributed by atoms with Crippen molar-refractivity contribution in [1.82, 2.24) is 5.43 Å². The van der Waals surface area contributed by atoms with Gasteiger partial charge in [-0.2, -0.15) is 5.10 Å². The average Bonchev–Trinajstić information content (AvgIpc) is 2.80. The number of nitrogens with one attached hydrogen (secondary N) is 1. The van der Waals surface area contributed by atoms with Crippen molar-refractivity contribution in [1.29, 1.82) is 0 Å². The summed E-state index contributed by atoms with van der Waals surface area (Å²) in [6.45, 7) is 3.76. The smallest absolute Gasteiger partial charge is 0.343 e. The van der Waals surface area contributed by atoms with Gasteiger partial charge in [-0.1, -0.05) is 34.1 Å². The number of nitrogens with zero attached hydrogens (tertiary/aromatic N) is 1. The van der Waals surface area contributed by atoms with Crippen LogP contribution >= 0.6 is 15.9 Å². The largest absolute Gasteiger partial charge is 0.493 e. The van der Waals surface area contributed by atoms with Crippen molar-refractivity contribution < 1.29 is 23.8 Å². The molecular weight excluding hydrogens is 488 g/mol. The average molecular weight is 511 g/mol. The maximum absolute atomic E-state index is 12.4. The highest BCUT2D eigenvalue weighted by Crippen LogP contribution is 2.28. The van der Waals surface area contributed by atoms with E-state index >= 15 is 0 Å². The quantitative estimate of drug-likeness (QED) is 0.203. The van der Waals surface area contributed by atoms with E-state index in [0.29, 0.717) is 22.6 Å². The summed E-state index contributed by atoms with van der Waals surface area (Å²) in [7, 11) is 1.47. The molecular formula is C25H23BrN2O5. The minimum absolute atomic E-state index is 0.157. The number of halogens is 1. The molecule has 3 rings (SSSR count). The van der Waals surface area contributed by atoms with Crippen LogP contribution in [0.3, 0.4) is 0 Å². The SMILES string of the molecule is COc1cc(/C=N\NC(=O)COc2cccc(C)c2C)ccc1OC(=O)c1cccc(Br)c1. The Labute approximate surface area is 200 Å². The predicted molar refractivity (Wildman–Crippen MR) is 129 cm³/mol. The van der Waals surface area contributed by atoms with Crippen LogP contribution in [0.2, 0.25) is 0 Å². The molecule has 3 aromatic rings. The molecule has 33 heavy (non-hydrogen) atoms. The Morgan fingerprint density at radius 1 is 1.00 bits per heavy atom. The summed E-state index contributed by atoms with van der Waals surface area (Å²) < 4.78 is 17.1. The molecule has 0 aromatic heterocycles. The summed E-state index contributed by atoms with van der Waals surface area (Å²) in [5.41, 5.74) is 5.55. The lowest BCUT2D eigenvalue weighted by Gasteiger charge is -2.10. The molecule has 0 saturated heterocycles. The summed E-state index contributed by atoms with van der Waals surface area (Å²) in [6.07, 6.45) is 1.46. The van der Waals surface area contributed by atoms with Crippen LogP contribution in [0.4, 0.5) is 0 Å². The molecule has 0 bridgehead atoms. The molecule has 170 valence electrons. The van der Waals surface area contributed by atoms with E-state index in [1.165, 1.54) is 13.3 Å². The van der Waals surface area contributed by atoms with E-state index in [1.54, 1.807) is 36.4 Å².